The largest absolute Gasteiger partial charge is 0.277 e. The van der Waals surface area contributed by atoms with Crippen LogP contribution in [-0.2, 0) is 12.8 Å². The van der Waals surface area contributed by atoms with E-state index in [0.717, 1.165) is 49.0 Å². The third kappa shape index (κ3) is 3.44. The Morgan fingerprint density at radius 3 is 1.50 bits per heavy atom. The molecule has 0 atom stereocenters. The van der Waals surface area contributed by atoms with Gasteiger partial charge in [0.2, 0.25) is 0 Å². The molecule has 0 saturated heterocycles. The molecule has 0 fully saturated rings. The Hall–Kier alpha value is -2.78. The minimum Gasteiger partial charge on any atom is -0.277 e. The van der Waals surface area contributed by atoms with E-state index in [1.807, 2.05) is 22.9 Å². The number of nitrogens with one attached hydrogen (secondary N) is 2. The van der Waals surface area contributed by atoms with E-state index in [1.165, 1.54) is 25.7 Å². The van der Waals surface area contributed by atoms with Gasteiger partial charge in [-0.05, 0) is 26.7 Å². The normalized spacial score (nSPS) is 11.9. The van der Waals surface area contributed by atoms with Gasteiger partial charge in [0, 0.05) is 12.8 Å². The van der Waals surface area contributed by atoms with Crippen molar-refractivity contribution in [3.63, 3.8) is 0 Å². The molecule has 0 unspecified atom stereocenters. The second-order valence-corrected chi connectivity index (χ2v) is 6.74. The molecule has 4 aromatic heterocycles. The fraction of sp³-hybridized carbons (Fsp3) is 0.625. The van der Waals surface area contributed by atoms with Gasteiger partial charge in [0.1, 0.15) is 11.6 Å². The zero-order valence-electron chi connectivity index (χ0n) is 15.2. The zero-order valence-corrected chi connectivity index (χ0v) is 15.2. The van der Waals surface area contributed by atoms with Crippen LogP contribution in [0.4, 0.5) is 0 Å². The second kappa shape index (κ2) is 7.22. The van der Waals surface area contributed by atoms with Crippen LogP contribution < -0.4 is 0 Å². The van der Waals surface area contributed by atoms with Gasteiger partial charge in [-0.3, -0.25) is 10.2 Å². The number of unbranched alkanes of at least 4 members (excludes halogenated alkanes) is 5. The van der Waals surface area contributed by atoms with Crippen molar-refractivity contribution in [2.45, 2.75) is 65.2 Å². The lowest BCUT2D eigenvalue weighted by molar-refractivity contribution is 0.578. The Balaban J connectivity index is 1.12. The smallest absolute Gasteiger partial charge is 0.271 e. The van der Waals surface area contributed by atoms with Gasteiger partial charge in [-0.2, -0.15) is 9.97 Å². The average molecular weight is 356 g/mol. The summed E-state index contributed by atoms with van der Waals surface area (Å²) < 4.78 is 3.76. The van der Waals surface area contributed by atoms with Crippen molar-refractivity contribution in [3.05, 3.63) is 23.3 Å². The summed E-state index contributed by atoms with van der Waals surface area (Å²) in [6.45, 7) is 3.85. The van der Waals surface area contributed by atoms with Crippen molar-refractivity contribution in [1.29, 1.82) is 0 Å². The van der Waals surface area contributed by atoms with E-state index in [4.69, 9.17) is 0 Å². The highest BCUT2D eigenvalue weighted by molar-refractivity contribution is 5.26. The molecule has 4 heterocycles. The summed E-state index contributed by atoms with van der Waals surface area (Å²) in [5, 5.41) is 22.9. The molecule has 0 saturated carbocycles. The third-order valence-corrected chi connectivity index (χ3v) is 4.56. The van der Waals surface area contributed by atoms with Gasteiger partial charge in [-0.25, -0.2) is 9.03 Å². The fourth-order valence-electron chi connectivity index (χ4n) is 3.26. The molecule has 0 aliphatic rings. The topological polar surface area (TPSA) is 118 Å². The van der Waals surface area contributed by atoms with E-state index < -0.39 is 0 Å². The van der Waals surface area contributed by atoms with Gasteiger partial charge in [0.25, 0.3) is 11.6 Å². The monoisotopic (exact) mass is 356 g/mol. The Morgan fingerprint density at radius 2 is 1.04 bits per heavy atom. The quantitative estimate of drug-likeness (QED) is 0.443. The summed E-state index contributed by atoms with van der Waals surface area (Å²) in [6.07, 6.45) is 8.99. The zero-order chi connectivity index (χ0) is 17.9. The standard InChI is InChI=1S/C16H24N10/c1-11-17-15-21-19-13(25(15)23-11)9-7-5-3-4-6-8-10-14-20-22-16-18-12(2)24-26(14)16/h3-10H2,1-2H3,(H,17,21,23)(H,18,22,24). The van der Waals surface area contributed by atoms with Crippen LogP contribution in [0.2, 0.25) is 0 Å². The van der Waals surface area contributed by atoms with Gasteiger partial charge in [-0.1, -0.05) is 25.7 Å². The predicted molar refractivity (Wildman–Crippen MR) is 94.8 cm³/mol. The molecular formula is C16H24N10. The Kier molecular flexibility index (Phi) is 4.63. The highest BCUT2D eigenvalue weighted by atomic mass is 15.4. The number of hydrogen-bond donors (Lipinski definition) is 2. The fourth-order valence-corrected chi connectivity index (χ4v) is 3.26. The number of aromatic nitrogens is 10. The number of nitrogens with zero attached hydrogens (tertiary/aromatic N) is 8. The third-order valence-electron chi connectivity index (χ3n) is 4.56. The maximum atomic E-state index is 4.27. The van der Waals surface area contributed by atoms with E-state index in [0.29, 0.717) is 11.6 Å². The van der Waals surface area contributed by atoms with E-state index in [2.05, 4.69) is 40.6 Å². The minimum atomic E-state index is 0.660. The van der Waals surface area contributed by atoms with Gasteiger partial charge in [-0.15, -0.1) is 20.4 Å². The van der Waals surface area contributed by atoms with Gasteiger partial charge >= 0.3 is 0 Å². The molecule has 10 nitrogen and oxygen atoms in total. The van der Waals surface area contributed by atoms with Crippen LogP contribution in [0.25, 0.3) is 11.6 Å². The van der Waals surface area contributed by atoms with Gasteiger partial charge < -0.3 is 0 Å². The summed E-state index contributed by atoms with van der Waals surface area (Å²) in [4.78, 5) is 8.54. The van der Waals surface area contributed by atoms with Crippen LogP contribution >= 0.6 is 0 Å². The first kappa shape index (κ1) is 16.7. The summed E-state index contributed by atoms with van der Waals surface area (Å²) in [5.41, 5.74) is 0. The van der Waals surface area contributed by atoms with Gasteiger partial charge in [0.15, 0.2) is 11.6 Å². The number of H-pyrrole nitrogens is 2. The highest BCUT2D eigenvalue weighted by Crippen LogP contribution is 2.11. The molecule has 26 heavy (non-hydrogen) atoms. The summed E-state index contributed by atoms with van der Waals surface area (Å²) in [5.74, 6) is 4.98. The molecule has 0 aliphatic carbocycles. The van der Waals surface area contributed by atoms with Crippen molar-refractivity contribution < 1.29 is 0 Å². The first-order chi connectivity index (χ1) is 12.7. The van der Waals surface area contributed by atoms with E-state index >= 15 is 0 Å². The number of fused-ring (bicyclic) bond motifs is 2. The molecule has 2 N–H and O–H groups in total. The van der Waals surface area contributed by atoms with Gasteiger partial charge in [0.05, 0.1) is 0 Å². The van der Waals surface area contributed by atoms with Crippen LogP contribution in [-0.4, -0.2) is 49.6 Å². The van der Waals surface area contributed by atoms with Crippen molar-refractivity contribution in [3.8, 4) is 0 Å². The SMILES string of the molecule is Cc1nc2nnc(CCCCCCCCc3nnc4nc(C)[nH]n34)n2[nH]1. The Labute approximate surface area is 150 Å². The van der Waals surface area contributed by atoms with E-state index in [9.17, 15) is 0 Å². The lowest BCUT2D eigenvalue weighted by Crippen LogP contribution is -1.97. The second-order valence-electron chi connectivity index (χ2n) is 6.74. The molecule has 0 aliphatic heterocycles. The molecule has 0 amide bonds. The van der Waals surface area contributed by atoms with Crippen LogP contribution in [0.1, 0.15) is 61.8 Å². The number of hydrogen-bond acceptors (Lipinski definition) is 6. The van der Waals surface area contributed by atoms with Crippen molar-refractivity contribution in [2.75, 3.05) is 0 Å². The molecule has 138 valence electrons. The average Bonchev–Trinajstić information content (AvgIpc) is 3.33. The lowest BCUT2D eigenvalue weighted by atomic mass is 10.1. The Bertz CT molecular complexity index is 907. The van der Waals surface area contributed by atoms with Crippen molar-refractivity contribution in [2.24, 2.45) is 0 Å². The predicted octanol–water partition coefficient (Wildman–Crippen LogP) is 1.96. The van der Waals surface area contributed by atoms with Crippen LogP contribution in [0, 0.1) is 13.8 Å². The molecule has 0 spiro atoms. The number of aromatic amines is 2. The highest BCUT2D eigenvalue weighted by Gasteiger charge is 2.09. The maximum absolute atomic E-state index is 4.27. The first-order valence-electron chi connectivity index (χ1n) is 9.24. The molecular weight excluding hydrogens is 332 g/mol. The maximum Gasteiger partial charge on any atom is 0.271 e. The van der Waals surface area contributed by atoms with Crippen LogP contribution in [0.3, 0.4) is 0 Å². The molecule has 0 aromatic carbocycles. The molecule has 0 radical (unpaired) electrons. The lowest BCUT2D eigenvalue weighted by Gasteiger charge is -2.01. The summed E-state index contributed by atoms with van der Waals surface area (Å²) in [6, 6.07) is 0. The molecule has 0 bridgehead atoms. The van der Waals surface area contributed by atoms with Crippen LogP contribution in [0.15, 0.2) is 0 Å². The van der Waals surface area contributed by atoms with E-state index in [1.54, 1.807) is 0 Å². The molecule has 10 heteroatoms. The van der Waals surface area contributed by atoms with Crippen molar-refractivity contribution >= 4 is 11.6 Å². The Morgan fingerprint density at radius 1 is 0.615 bits per heavy atom. The van der Waals surface area contributed by atoms with E-state index in [-0.39, 0.29) is 0 Å². The molecule has 4 aromatic rings. The summed E-state index contributed by atoms with van der Waals surface area (Å²) in [7, 11) is 0. The number of rotatable bonds is 9. The van der Waals surface area contributed by atoms with Crippen molar-refractivity contribution in [1.82, 2.24) is 49.6 Å². The van der Waals surface area contributed by atoms with Crippen LogP contribution in [0.5, 0.6) is 0 Å². The first-order valence-corrected chi connectivity index (χ1v) is 9.24. The number of aryl methyl sites for hydroxylation is 4. The minimum absolute atomic E-state index is 0.660. The molecule has 4 rings (SSSR count). The summed E-state index contributed by atoms with van der Waals surface area (Å²) >= 11 is 0.